The second-order valence-electron chi connectivity index (χ2n) is 4.69. The van der Waals surface area contributed by atoms with Gasteiger partial charge in [0.1, 0.15) is 5.75 Å². The van der Waals surface area contributed by atoms with Crippen molar-refractivity contribution in [3.8, 4) is 5.75 Å². The van der Waals surface area contributed by atoms with Gasteiger partial charge in [-0.3, -0.25) is 0 Å². The Morgan fingerprint density at radius 1 is 1.41 bits per heavy atom. The molecule has 1 atom stereocenters. The Morgan fingerprint density at radius 2 is 2.12 bits per heavy atom. The van der Waals surface area contributed by atoms with Crippen molar-refractivity contribution >= 4 is 15.9 Å². The summed E-state index contributed by atoms with van der Waals surface area (Å²) in [6, 6.07) is 6.28. The van der Waals surface area contributed by atoms with Crippen LogP contribution in [0.5, 0.6) is 5.75 Å². The Labute approximate surface area is 112 Å². The zero-order valence-corrected chi connectivity index (χ0v) is 11.9. The lowest BCUT2D eigenvalue weighted by molar-refractivity contribution is 0.339. The van der Waals surface area contributed by atoms with Crippen LogP contribution in [-0.2, 0) is 0 Å². The SMILES string of the molecule is CCOc1ccc(C(N)C2CCCC2)c(Br)c1. The van der Waals surface area contributed by atoms with Crippen LogP contribution in [-0.4, -0.2) is 6.61 Å². The average molecular weight is 298 g/mol. The Bertz CT molecular complexity index is 374. The van der Waals surface area contributed by atoms with Gasteiger partial charge in [-0.2, -0.15) is 0 Å². The van der Waals surface area contributed by atoms with Gasteiger partial charge >= 0.3 is 0 Å². The highest BCUT2D eigenvalue weighted by molar-refractivity contribution is 9.10. The Morgan fingerprint density at radius 3 is 2.71 bits per heavy atom. The van der Waals surface area contributed by atoms with E-state index in [2.05, 4.69) is 22.0 Å². The summed E-state index contributed by atoms with van der Waals surface area (Å²) >= 11 is 3.60. The summed E-state index contributed by atoms with van der Waals surface area (Å²) in [5, 5.41) is 0. The van der Waals surface area contributed by atoms with Crippen molar-refractivity contribution in [2.75, 3.05) is 6.61 Å². The molecule has 0 radical (unpaired) electrons. The minimum absolute atomic E-state index is 0.155. The summed E-state index contributed by atoms with van der Waals surface area (Å²) in [4.78, 5) is 0. The summed E-state index contributed by atoms with van der Waals surface area (Å²) in [7, 11) is 0. The average Bonchev–Trinajstić information content (AvgIpc) is 2.82. The molecule has 1 unspecified atom stereocenters. The summed E-state index contributed by atoms with van der Waals surface area (Å²) in [6.45, 7) is 2.69. The van der Waals surface area contributed by atoms with Crippen LogP contribution in [0.2, 0.25) is 0 Å². The first-order valence-electron chi connectivity index (χ1n) is 6.40. The van der Waals surface area contributed by atoms with Crippen LogP contribution in [0.15, 0.2) is 22.7 Å². The van der Waals surface area contributed by atoms with E-state index in [1.807, 2.05) is 19.1 Å². The highest BCUT2D eigenvalue weighted by Crippen LogP contribution is 2.37. The molecule has 1 aromatic carbocycles. The standard InChI is InChI=1S/C14H20BrNO/c1-2-17-11-7-8-12(13(15)9-11)14(16)10-5-3-4-6-10/h7-10,14H,2-6,16H2,1H3. The Kier molecular flexibility index (Phi) is 4.46. The van der Waals surface area contributed by atoms with E-state index in [0.717, 1.165) is 10.2 Å². The second-order valence-corrected chi connectivity index (χ2v) is 5.54. The number of hydrogen-bond donors (Lipinski definition) is 1. The van der Waals surface area contributed by atoms with E-state index in [-0.39, 0.29) is 6.04 Å². The third-order valence-corrected chi connectivity index (χ3v) is 4.24. The fourth-order valence-electron chi connectivity index (χ4n) is 2.61. The molecular formula is C14H20BrNO. The smallest absolute Gasteiger partial charge is 0.120 e. The van der Waals surface area contributed by atoms with Gasteiger partial charge in [0.05, 0.1) is 6.61 Å². The lowest BCUT2D eigenvalue weighted by Gasteiger charge is -2.21. The van der Waals surface area contributed by atoms with Gasteiger partial charge in [0.15, 0.2) is 0 Å². The lowest BCUT2D eigenvalue weighted by atomic mass is 9.92. The molecule has 0 saturated heterocycles. The molecule has 0 bridgehead atoms. The van der Waals surface area contributed by atoms with E-state index in [4.69, 9.17) is 10.5 Å². The number of nitrogens with two attached hydrogens (primary N) is 1. The highest BCUT2D eigenvalue weighted by Gasteiger charge is 2.24. The predicted octanol–water partition coefficient (Wildman–Crippen LogP) is 4.04. The molecule has 2 nitrogen and oxygen atoms in total. The molecule has 3 heteroatoms. The van der Waals surface area contributed by atoms with Crippen molar-refractivity contribution in [3.63, 3.8) is 0 Å². The van der Waals surface area contributed by atoms with E-state index in [1.165, 1.54) is 31.2 Å². The molecule has 1 aromatic rings. The highest BCUT2D eigenvalue weighted by atomic mass is 79.9. The van der Waals surface area contributed by atoms with Crippen LogP contribution in [0.25, 0.3) is 0 Å². The molecule has 1 aliphatic carbocycles. The fourth-order valence-corrected chi connectivity index (χ4v) is 3.23. The number of ether oxygens (including phenoxy) is 1. The summed E-state index contributed by atoms with van der Waals surface area (Å²) < 4.78 is 6.55. The maximum atomic E-state index is 6.35. The second kappa shape index (κ2) is 5.87. The van der Waals surface area contributed by atoms with Crippen molar-refractivity contribution < 1.29 is 4.74 Å². The first-order valence-corrected chi connectivity index (χ1v) is 7.19. The van der Waals surface area contributed by atoms with Gasteiger partial charge in [-0.05, 0) is 43.4 Å². The van der Waals surface area contributed by atoms with Crippen LogP contribution < -0.4 is 10.5 Å². The zero-order chi connectivity index (χ0) is 12.3. The zero-order valence-electron chi connectivity index (χ0n) is 10.3. The molecule has 2 rings (SSSR count). The number of rotatable bonds is 4. The van der Waals surface area contributed by atoms with Gasteiger partial charge in [-0.1, -0.05) is 34.8 Å². The maximum Gasteiger partial charge on any atom is 0.120 e. The number of halogens is 1. The molecule has 0 heterocycles. The molecule has 1 aliphatic rings. The first kappa shape index (κ1) is 12.9. The van der Waals surface area contributed by atoms with Crippen LogP contribution in [0.3, 0.4) is 0 Å². The quantitative estimate of drug-likeness (QED) is 0.910. The largest absolute Gasteiger partial charge is 0.494 e. The van der Waals surface area contributed by atoms with Crippen molar-refractivity contribution in [3.05, 3.63) is 28.2 Å². The monoisotopic (exact) mass is 297 g/mol. The predicted molar refractivity (Wildman–Crippen MR) is 74.2 cm³/mol. The van der Waals surface area contributed by atoms with Crippen LogP contribution in [0.4, 0.5) is 0 Å². The lowest BCUT2D eigenvalue weighted by Crippen LogP contribution is -2.19. The fraction of sp³-hybridized carbons (Fsp3) is 0.571. The maximum absolute atomic E-state index is 6.35. The molecule has 0 aliphatic heterocycles. The number of hydrogen-bond acceptors (Lipinski definition) is 2. The molecule has 0 spiro atoms. The summed E-state index contributed by atoms with van der Waals surface area (Å²) in [5.74, 6) is 1.55. The van der Waals surface area contributed by atoms with E-state index in [0.29, 0.717) is 12.5 Å². The van der Waals surface area contributed by atoms with E-state index in [1.54, 1.807) is 0 Å². The van der Waals surface area contributed by atoms with Gasteiger partial charge in [0.2, 0.25) is 0 Å². The molecule has 1 saturated carbocycles. The van der Waals surface area contributed by atoms with E-state index in [9.17, 15) is 0 Å². The van der Waals surface area contributed by atoms with Gasteiger partial charge in [-0.25, -0.2) is 0 Å². The van der Waals surface area contributed by atoms with Crippen molar-refractivity contribution in [2.45, 2.75) is 38.6 Å². The van der Waals surface area contributed by atoms with Crippen LogP contribution in [0.1, 0.15) is 44.2 Å². The molecule has 0 amide bonds. The summed E-state index contributed by atoms with van der Waals surface area (Å²) in [5.41, 5.74) is 7.56. The topological polar surface area (TPSA) is 35.2 Å². The third kappa shape index (κ3) is 3.02. The first-order chi connectivity index (χ1) is 8.22. The molecular weight excluding hydrogens is 278 g/mol. The minimum atomic E-state index is 0.155. The normalized spacial score (nSPS) is 18.3. The van der Waals surface area contributed by atoms with Crippen molar-refractivity contribution in [1.29, 1.82) is 0 Å². The van der Waals surface area contributed by atoms with Gasteiger partial charge in [-0.15, -0.1) is 0 Å². The Hall–Kier alpha value is -0.540. The van der Waals surface area contributed by atoms with Gasteiger partial charge < -0.3 is 10.5 Å². The molecule has 94 valence electrons. The van der Waals surface area contributed by atoms with E-state index >= 15 is 0 Å². The molecule has 2 N–H and O–H groups in total. The van der Waals surface area contributed by atoms with Crippen molar-refractivity contribution in [2.24, 2.45) is 11.7 Å². The number of benzene rings is 1. The third-order valence-electron chi connectivity index (χ3n) is 3.55. The van der Waals surface area contributed by atoms with Crippen molar-refractivity contribution in [1.82, 2.24) is 0 Å². The minimum Gasteiger partial charge on any atom is -0.494 e. The van der Waals surface area contributed by atoms with Crippen LogP contribution in [0, 0.1) is 5.92 Å². The molecule has 0 aromatic heterocycles. The molecule has 17 heavy (non-hydrogen) atoms. The van der Waals surface area contributed by atoms with Crippen LogP contribution >= 0.6 is 15.9 Å². The Balaban J connectivity index is 2.14. The van der Waals surface area contributed by atoms with Gasteiger partial charge in [0.25, 0.3) is 0 Å². The van der Waals surface area contributed by atoms with E-state index < -0.39 is 0 Å². The molecule has 1 fully saturated rings. The van der Waals surface area contributed by atoms with Gasteiger partial charge in [0, 0.05) is 10.5 Å². The summed E-state index contributed by atoms with van der Waals surface area (Å²) in [6.07, 6.45) is 5.18.